The fraction of sp³-hybridized carbons (Fsp3) is 0.529. The molecule has 2 fully saturated rings. The number of pyridine rings is 1. The number of aromatic nitrogens is 3. The molecule has 0 spiro atoms. The predicted molar refractivity (Wildman–Crippen MR) is 89.5 cm³/mol. The van der Waals surface area contributed by atoms with Crippen molar-refractivity contribution < 1.29 is 17.9 Å². The van der Waals surface area contributed by atoms with Gasteiger partial charge in [-0.15, -0.1) is 13.2 Å². The van der Waals surface area contributed by atoms with Gasteiger partial charge in [0.1, 0.15) is 0 Å². The van der Waals surface area contributed by atoms with Crippen molar-refractivity contribution in [3.8, 4) is 17.0 Å². The monoisotopic (exact) mass is 367 g/mol. The van der Waals surface area contributed by atoms with Gasteiger partial charge < -0.3 is 15.8 Å². The van der Waals surface area contributed by atoms with Gasteiger partial charge in [-0.2, -0.15) is 5.10 Å². The number of nitrogens with zero attached hydrogens (tertiary/aromatic N) is 3. The van der Waals surface area contributed by atoms with E-state index in [2.05, 4.69) is 20.1 Å². The van der Waals surface area contributed by atoms with Crippen molar-refractivity contribution in [1.82, 2.24) is 20.1 Å². The number of ether oxygens (including phenoxy) is 1. The van der Waals surface area contributed by atoms with E-state index < -0.39 is 12.1 Å². The van der Waals surface area contributed by atoms with Crippen molar-refractivity contribution in [2.24, 2.45) is 11.8 Å². The number of nitrogens with two attached hydrogens (primary N) is 1. The van der Waals surface area contributed by atoms with Crippen LogP contribution in [0.25, 0.3) is 11.3 Å². The normalized spacial score (nSPS) is 24.8. The molecular formula is C17H20F3N5O. The first kappa shape index (κ1) is 17.1. The summed E-state index contributed by atoms with van der Waals surface area (Å²) in [6, 6.07) is 3.34. The van der Waals surface area contributed by atoms with E-state index in [1.807, 2.05) is 24.6 Å². The second-order valence-corrected chi connectivity index (χ2v) is 7.16. The summed E-state index contributed by atoms with van der Waals surface area (Å²) in [6.07, 6.45) is -3.40. The summed E-state index contributed by atoms with van der Waals surface area (Å²) in [6.45, 7) is 6.08. The molecule has 2 aliphatic rings. The Balaban J connectivity index is 1.69. The molecule has 140 valence electrons. The Kier molecular flexibility index (Phi) is 3.87. The third kappa shape index (κ3) is 3.00. The van der Waals surface area contributed by atoms with Crippen LogP contribution >= 0.6 is 0 Å². The minimum absolute atomic E-state index is 0.153. The van der Waals surface area contributed by atoms with Gasteiger partial charge in [0, 0.05) is 29.4 Å². The van der Waals surface area contributed by atoms with Crippen LogP contribution in [0.5, 0.6) is 5.75 Å². The number of nitrogens with one attached hydrogen (secondary N) is 1. The second-order valence-electron chi connectivity index (χ2n) is 7.16. The van der Waals surface area contributed by atoms with Crippen LogP contribution in [0.1, 0.15) is 31.5 Å². The van der Waals surface area contributed by atoms with Gasteiger partial charge in [-0.1, -0.05) is 0 Å². The van der Waals surface area contributed by atoms with E-state index in [0.29, 0.717) is 29.0 Å². The first-order valence-electron chi connectivity index (χ1n) is 8.56. The first-order chi connectivity index (χ1) is 12.2. The SMILES string of the molecule is CC(C)n1nc(-c2cnc(N)c(OC(F)(F)F)c2)cc1C1C2CNCC21. The zero-order valence-electron chi connectivity index (χ0n) is 14.4. The minimum Gasteiger partial charge on any atom is -0.402 e. The molecule has 4 rings (SSSR count). The molecule has 2 unspecified atom stereocenters. The van der Waals surface area contributed by atoms with Gasteiger partial charge in [-0.25, -0.2) is 4.98 Å². The highest BCUT2D eigenvalue weighted by atomic mass is 19.4. The van der Waals surface area contributed by atoms with E-state index in [0.717, 1.165) is 18.8 Å². The maximum Gasteiger partial charge on any atom is 0.573 e. The molecule has 3 heterocycles. The number of nitrogen functional groups attached to an aromatic ring is 1. The summed E-state index contributed by atoms with van der Waals surface area (Å²) >= 11 is 0. The number of halogens is 3. The average molecular weight is 367 g/mol. The van der Waals surface area contributed by atoms with Gasteiger partial charge in [-0.3, -0.25) is 4.68 Å². The van der Waals surface area contributed by atoms with Crippen LogP contribution < -0.4 is 15.8 Å². The van der Waals surface area contributed by atoms with Crippen LogP contribution in [-0.4, -0.2) is 34.2 Å². The Hall–Kier alpha value is -2.29. The molecule has 9 heteroatoms. The van der Waals surface area contributed by atoms with Gasteiger partial charge in [0.15, 0.2) is 11.6 Å². The molecule has 1 saturated heterocycles. The number of rotatable bonds is 4. The van der Waals surface area contributed by atoms with Crippen LogP contribution in [0, 0.1) is 11.8 Å². The van der Waals surface area contributed by atoms with Crippen molar-refractivity contribution in [3.63, 3.8) is 0 Å². The fourth-order valence-corrected chi connectivity index (χ4v) is 3.87. The molecule has 0 aromatic carbocycles. The lowest BCUT2D eigenvalue weighted by molar-refractivity contribution is -0.274. The Morgan fingerprint density at radius 3 is 2.58 bits per heavy atom. The van der Waals surface area contributed by atoms with Crippen LogP contribution in [0.2, 0.25) is 0 Å². The zero-order valence-corrected chi connectivity index (χ0v) is 14.4. The second kappa shape index (κ2) is 5.87. The molecule has 1 aliphatic carbocycles. The summed E-state index contributed by atoms with van der Waals surface area (Å²) in [7, 11) is 0. The quantitative estimate of drug-likeness (QED) is 0.869. The number of fused-ring (bicyclic) bond motifs is 1. The lowest BCUT2D eigenvalue weighted by atomic mass is 10.1. The Morgan fingerprint density at radius 1 is 1.27 bits per heavy atom. The molecule has 0 bridgehead atoms. The number of piperidine rings is 1. The van der Waals surface area contributed by atoms with Crippen molar-refractivity contribution in [2.45, 2.75) is 32.2 Å². The average Bonchev–Trinajstić information content (AvgIpc) is 2.92. The zero-order chi connectivity index (χ0) is 18.6. The van der Waals surface area contributed by atoms with Crippen LogP contribution in [0.3, 0.4) is 0 Å². The summed E-state index contributed by atoms with van der Waals surface area (Å²) in [5, 5.41) is 7.98. The lowest BCUT2D eigenvalue weighted by Crippen LogP contribution is -2.18. The van der Waals surface area contributed by atoms with E-state index in [4.69, 9.17) is 5.73 Å². The van der Waals surface area contributed by atoms with Gasteiger partial charge in [-0.05, 0) is 50.9 Å². The highest BCUT2D eigenvalue weighted by Crippen LogP contribution is 2.56. The summed E-state index contributed by atoms with van der Waals surface area (Å²) < 4.78 is 43.6. The summed E-state index contributed by atoms with van der Waals surface area (Å²) in [5.41, 5.74) is 7.66. The highest BCUT2D eigenvalue weighted by molar-refractivity contribution is 5.64. The lowest BCUT2D eigenvalue weighted by Gasteiger charge is -2.12. The van der Waals surface area contributed by atoms with Crippen molar-refractivity contribution >= 4 is 5.82 Å². The van der Waals surface area contributed by atoms with E-state index in [1.165, 1.54) is 12.3 Å². The van der Waals surface area contributed by atoms with Crippen LogP contribution in [-0.2, 0) is 0 Å². The molecule has 2 aromatic heterocycles. The Morgan fingerprint density at radius 2 is 1.96 bits per heavy atom. The molecule has 26 heavy (non-hydrogen) atoms. The molecule has 1 aliphatic heterocycles. The number of hydrogen-bond acceptors (Lipinski definition) is 5. The smallest absolute Gasteiger partial charge is 0.402 e. The third-order valence-electron chi connectivity index (χ3n) is 5.09. The van der Waals surface area contributed by atoms with E-state index in [-0.39, 0.29) is 11.9 Å². The maximum absolute atomic E-state index is 12.5. The van der Waals surface area contributed by atoms with Gasteiger partial charge >= 0.3 is 6.36 Å². The van der Waals surface area contributed by atoms with E-state index in [1.54, 1.807) is 0 Å². The van der Waals surface area contributed by atoms with Crippen molar-refractivity contribution in [1.29, 1.82) is 0 Å². The standard InChI is InChI=1S/C17H20F3N5O/c1-8(2)25-13(15-10-6-22-7-11(10)15)4-12(24-25)9-3-14(16(21)23-5-9)26-17(18,19)20/h3-5,8,10-11,15,22H,6-7H2,1-2H3,(H2,21,23). The van der Waals surface area contributed by atoms with Crippen molar-refractivity contribution in [3.05, 3.63) is 24.0 Å². The minimum atomic E-state index is -4.82. The van der Waals surface area contributed by atoms with Gasteiger partial charge in [0.25, 0.3) is 0 Å². The van der Waals surface area contributed by atoms with Gasteiger partial charge in [0.05, 0.1) is 5.69 Å². The summed E-state index contributed by atoms with van der Waals surface area (Å²) in [4.78, 5) is 3.83. The highest BCUT2D eigenvalue weighted by Gasteiger charge is 2.55. The molecule has 0 radical (unpaired) electrons. The largest absolute Gasteiger partial charge is 0.573 e. The van der Waals surface area contributed by atoms with Crippen LogP contribution in [0.15, 0.2) is 18.3 Å². The number of hydrogen-bond donors (Lipinski definition) is 2. The Bertz CT molecular complexity index is 822. The van der Waals surface area contributed by atoms with E-state index in [9.17, 15) is 13.2 Å². The molecule has 0 amide bonds. The third-order valence-corrected chi connectivity index (χ3v) is 5.09. The summed E-state index contributed by atoms with van der Waals surface area (Å²) in [5.74, 6) is 0.865. The fourth-order valence-electron chi connectivity index (χ4n) is 3.87. The molecule has 2 aromatic rings. The number of anilines is 1. The molecule has 3 N–H and O–H groups in total. The van der Waals surface area contributed by atoms with Crippen LogP contribution in [0.4, 0.5) is 19.0 Å². The molecule has 2 atom stereocenters. The maximum atomic E-state index is 12.5. The Labute approximate surface area is 148 Å². The van der Waals surface area contributed by atoms with Crippen molar-refractivity contribution in [2.75, 3.05) is 18.8 Å². The van der Waals surface area contributed by atoms with Gasteiger partial charge in [0.2, 0.25) is 0 Å². The molecular weight excluding hydrogens is 347 g/mol. The predicted octanol–water partition coefficient (Wildman–Crippen LogP) is 2.94. The molecule has 1 saturated carbocycles. The first-order valence-corrected chi connectivity index (χ1v) is 8.56. The number of alkyl halides is 3. The topological polar surface area (TPSA) is 78.0 Å². The molecule has 6 nitrogen and oxygen atoms in total. The van der Waals surface area contributed by atoms with E-state index >= 15 is 0 Å².